The number of carbonyl (C=O) groups excluding carboxylic acids is 1. The molecule has 0 fully saturated rings. The van der Waals surface area contributed by atoms with E-state index < -0.39 is 17.3 Å². The fourth-order valence-corrected chi connectivity index (χ4v) is 0.707. The minimum absolute atomic E-state index is 0.465. The zero-order chi connectivity index (χ0) is 7.44. The van der Waals surface area contributed by atoms with Gasteiger partial charge in [0.25, 0.3) is 0 Å². The molecule has 0 unspecified atom stereocenters. The lowest BCUT2D eigenvalue weighted by Crippen LogP contribution is -2.46. The molecule has 0 rings (SSSR count). The molecule has 0 aliphatic carbocycles. The Morgan fingerprint density at radius 1 is 1.89 bits per heavy atom. The summed E-state index contributed by atoms with van der Waals surface area (Å²) < 4.78 is 0. The Bertz CT molecular complexity index is 107. The molecule has 0 heterocycles. The van der Waals surface area contributed by atoms with Gasteiger partial charge in [-0.3, -0.25) is 10.6 Å². The minimum atomic E-state index is -0.806. The van der Waals surface area contributed by atoms with Crippen LogP contribution in [0.2, 0.25) is 0 Å². The van der Waals surface area contributed by atoms with E-state index in [0.29, 0.717) is 0 Å². The van der Waals surface area contributed by atoms with Crippen LogP contribution in [0.25, 0.3) is 0 Å². The summed E-state index contributed by atoms with van der Waals surface area (Å²) in [5.74, 6) is 4.89. The van der Waals surface area contributed by atoms with E-state index in [1.165, 1.54) is 6.92 Å². The Morgan fingerprint density at radius 3 is 2.33 bits per heavy atom. The van der Waals surface area contributed by atoms with Gasteiger partial charge in [0.1, 0.15) is 6.04 Å². The third kappa shape index (κ3) is 2.81. The first-order chi connectivity index (χ1) is 4.09. The lowest BCUT2D eigenvalue weighted by atomic mass is 10.2. The fraction of sp³-hybridized carbons (Fsp3) is 0.750. The van der Waals surface area contributed by atoms with Gasteiger partial charge < -0.3 is 5.11 Å². The first-order valence-electron chi connectivity index (χ1n) is 2.46. The predicted octanol–water partition coefficient (Wildman–Crippen LogP) is -1.34. The maximum atomic E-state index is 10.4. The summed E-state index contributed by atoms with van der Waals surface area (Å²) in [6.07, 6.45) is -0.806. The van der Waals surface area contributed by atoms with Crippen molar-refractivity contribution in [1.29, 1.82) is 0 Å². The minimum Gasteiger partial charge on any atom is -0.391 e. The first-order valence-corrected chi connectivity index (χ1v) is 2.91. The highest BCUT2D eigenvalue weighted by Gasteiger charge is 2.17. The van der Waals surface area contributed by atoms with Crippen molar-refractivity contribution >= 4 is 17.7 Å². The molecule has 9 heavy (non-hydrogen) atoms. The maximum Gasteiger partial charge on any atom is 0.206 e. The molecule has 0 aliphatic heterocycles. The molecular formula is C4H10N2O2S. The zero-order valence-electron chi connectivity index (χ0n) is 5.03. The Hall–Kier alpha value is -0.100. The quantitative estimate of drug-likeness (QED) is 0.228. The summed E-state index contributed by atoms with van der Waals surface area (Å²) in [6, 6.07) is -0.770. The number of aliphatic hydroxyl groups is 1. The van der Waals surface area contributed by atoms with Crippen molar-refractivity contribution in [1.82, 2.24) is 5.43 Å². The molecule has 0 saturated carbocycles. The Balaban J connectivity index is 3.83. The second kappa shape index (κ2) is 3.84. The highest BCUT2D eigenvalue weighted by Crippen LogP contribution is 1.94. The van der Waals surface area contributed by atoms with Crippen molar-refractivity contribution in [2.24, 2.45) is 5.84 Å². The van der Waals surface area contributed by atoms with Gasteiger partial charge in [0.2, 0.25) is 5.12 Å². The highest BCUT2D eigenvalue weighted by atomic mass is 32.1. The second-order valence-corrected chi connectivity index (χ2v) is 2.16. The van der Waals surface area contributed by atoms with Gasteiger partial charge in [0.05, 0.1) is 6.10 Å². The molecule has 0 amide bonds. The lowest BCUT2D eigenvalue weighted by molar-refractivity contribution is -0.114. The zero-order valence-corrected chi connectivity index (χ0v) is 5.93. The Kier molecular flexibility index (Phi) is 3.79. The van der Waals surface area contributed by atoms with Crippen molar-refractivity contribution < 1.29 is 9.90 Å². The smallest absolute Gasteiger partial charge is 0.206 e. The van der Waals surface area contributed by atoms with Gasteiger partial charge in [-0.1, -0.05) is 0 Å². The summed E-state index contributed by atoms with van der Waals surface area (Å²) in [5.41, 5.74) is 2.12. The number of hydrazine groups is 1. The molecule has 5 heteroatoms. The summed E-state index contributed by atoms with van der Waals surface area (Å²) in [5, 5.41) is 8.31. The topological polar surface area (TPSA) is 75.3 Å². The third-order valence-electron chi connectivity index (χ3n) is 0.928. The molecule has 0 aromatic carbocycles. The number of hydrogen-bond donors (Lipinski definition) is 4. The van der Waals surface area contributed by atoms with Gasteiger partial charge in [-0.05, 0) is 6.92 Å². The second-order valence-electron chi connectivity index (χ2n) is 1.72. The van der Waals surface area contributed by atoms with E-state index in [2.05, 4.69) is 18.1 Å². The predicted molar refractivity (Wildman–Crippen MR) is 36.8 cm³/mol. The van der Waals surface area contributed by atoms with Crippen LogP contribution < -0.4 is 11.3 Å². The van der Waals surface area contributed by atoms with Crippen LogP contribution in [-0.4, -0.2) is 22.4 Å². The van der Waals surface area contributed by atoms with Crippen LogP contribution in [0.15, 0.2) is 0 Å². The van der Waals surface area contributed by atoms with Crippen LogP contribution in [0.4, 0.5) is 0 Å². The van der Waals surface area contributed by atoms with Gasteiger partial charge >= 0.3 is 0 Å². The molecular weight excluding hydrogens is 140 g/mol. The van der Waals surface area contributed by atoms with Crippen molar-refractivity contribution in [3.63, 3.8) is 0 Å². The van der Waals surface area contributed by atoms with Crippen molar-refractivity contribution in [2.45, 2.75) is 19.1 Å². The van der Waals surface area contributed by atoms with Crippen LogP contribution in [0.1, 0.15) is 6.92 Å². The lowest BCUT2D eigenvalue weighted by Gasteiger charge is -2.13. The average molecular weight is 150 g/mol. The molecule has 0 saturated heterocycles. The monoisotopic (exact) mass is 150 g/mol. The number of carbonyl (C=O) groups is 1. The van der Waals surface area contributed by atoms with Crippen LogP contribution >= 0.6 is 12.6 Å². The van der Waals surface area contributed by atoms with Crippen LogP contribution in [0.3, 0.4) is 0 Å². The number of aliphatic hydroxyl groups excluding tert-OH is 1. The summed E-state index contributed by atoms with van der Waals surface area (Å²) in [6.45, 7) is 1.46. The number of thiol groups is 1. The number of nitrogens with one attached hydrogen (secondary N) is 1. The molecule has 4 nitrogen and oxygen atoms in total. The van der Waals surface area contributed by atoms with Gasteiger partial charge in [0, 0.05) is 0 Å². The molecule has 0 aliphatic rings. The Labute approximate surface area is 58.8 Å². The van der Waals surface area contributed by atoms with Gasteiger partial charge in [0.15, 0.2) is 0 Å². The third-order valence-corrected chi connectivity index (χ3v) is 1.21. The summed E-state index contributed by atoms with van der Waals surface area (Å²) in [4.78, 5) is 10.4. The van der Waals surface area contributed by atoms with E-state index in [0.717, 1.165) is 0 Å². The van der Waals surface area contributed by atoms with E-state index in [1.807, 2.05) is 0 Å². The highest BCUT2D eigenvalue weighted by molar-refractivity contribution is 7.96. The maximum absolute atomic E-state index is 10.4. The van der Waals surface area contributed by atoms with Crippen molar-refractivity contribution in [3.8, 4) is 0 Å². The molecule has 2 atom stereocenters. The SMILES string of the molecule is C[C@@H](O)[C@H](NN)C(=O)S. The van der Waals surface area contributed by atoms with E-state index in [-0.39, 0.29) is 0 Å². The van der Waals surface area contributed by atoms with E-state index in [9.17, 15) is 4.79 Å². The normalized spacial score (nSPS) is 16.9. The molecule has 54 valence electrons. The molecule has 0 aromatic heterocycles. The van der Waals surface area contributed by atoms with E-state index >= 15 is 0 Å². The Morgan fingerprint density at radius 2 is 2.33 bits per heavy atom. The summed E-state index contributed by atoms with van der Waals surface area (Å²) >= 11 is 3.47. The summed E-state index contributed by atoms with van der Waals surface area (Å²) in [7, 11) is 0. The largest absolute Gasteiger partial charge is 0.391 e. The average Bonchev–Trinajstić information content (AvgIpc) is 1.64. The standard InChI is InChI=1S/C4H10N2O2S/c1-2(7)3(6-5)4(8)9/h2-3,6-7H,5H2,1H3,(H,8,9)/t2-,3+/m1/s1. The van der Waals surface area contributed by atoms with Crippen LogP contribution in [0.5, 0.6) is 0 Å². The van der Waals surface area contributed by atoms with Gasteiger partial charge in [-0.25, -0.2) is 5.43 Å². The van der Waals surface area contributed by atoms with Crippen molar-refractivity contribution in [2.75, 3.05) is 0 Å². The molecule has 0 radical (unpaired) electrons. The molecule has 0 bridgehead atoms. The van der Waals surface area contributed by atoms with E-state index in [1.54, 1.807) is 0 Å². The fourth-order valence-electron chi connectivity index (χ4n) is 0.417. The van der Waals surface area contributed by atoms with Crippen molar-refractivity contribution in [3.05, 3.63) is 0 Å². The van der Waals surface area contributed by atoms with Crippen LogP contribution in [0, 0.1) is 0 Å². The van der Waals surface area contributed by atoms with Gasteiger partial charge in [-0.15, -0.1) is 12.6 Å². The van der Waals surface area contributed by atoms with Gasteiger partial charge in [-0.2, -0.15) is 0 Å². The molecule has 0 aromatic rings. The number of nitrogens with two attached hydrogens (primary N) is 1. The first kappa shape index (κ1) is 8.90. The molecule has 4 N–H and O–H groups in total. The number of hydrogen-bond acceptors (Lipinski definition) is 4. The van der Waals surface area contributed by atoms with E-state index in [4.69, 9.17) is 10.9 Å². The number of rotatable bonds is 3. The molecule has 0 spiro atoms. The van der Waals surface area contributed by atoms with Crippen LogP contribution in [-0.2, 0) is 4.79 Å².